The van der Waals surface area contributed by atoms with E-state index in [0.717, 1.165) is 5.56 Å². The van der Waals surface area contributed by atoms with Crippen LogP contribution in [0.1, 0.15) is 18.4 Å². The number of benzene rings is 1. The summed E-state index contributed by atoms with van der Waals surface area (Å²) in [6, 6.07) is 9.40. The van der Waals surface area contributed by atoms with Crippen LogP contribution >= 0.6 is 11.6 Å². The van der Waals surface area contributed by atoms with E-state index in [1.165, 1.54) is 6.33 Å². The highest BCUT2D eigenvalue weighted by molar-refractivity contribution is 6.30. The SMILES string of the molecule is N#CC(CCC(O)CO)(Cn1cncn1)c1ccc(Cl)cc1. The molecule has 0 spiro atoms. The Morgan fingerprint density at radius 3 is 2.64 bits per heavy atom. The number of aromatic nitrogens is 3. The van der Waals surface area contributed by atoms with E-state index in [4.69, 9.17) is 16.7 Å². The maximum Gasteiger partial charge on any atom is 0.137 e. The zero-order chi connectivity index (χ0) is 16.0. The lowest BCUT2D eigenvalue weighted by Gasteiger charge is -2.28. The average molecular weight is 321 g/mol. The van der Waals surface area contributed by atoms with Crippen LogP contribution in [0.15, 0.2) is 36.9 Å². The largest absolute Gasteiger partial charge is 0.394 e. The van der Waals surface area contributed by atoms with Crippen molar-refractivity contribution in [2.45, 2.75) is 30.9 Å². The van der Waals surface area contributed by atoms with Crippen LogP contribution in [0.25, 0.3) is 0 Å². The molecule has 2 rings (SSSR count). The molecule has 2 N–H and O–H groups in total. The highest BCUT2D eigenvalue weighted by Crippen LogP contribution is 2.32. The summed E-state index contributed by atoms with van der Waals surface area (Å²) in [6.07, 6.45) is 2.79. The van der Waals surface area contributed by atoms with Gasteiger partial charge in [-0.2, -0.15) is 10.4 Å². The second-order valence-electron chi connectivity index (χ2n) is 5.17. The number of nitrogens with zero attached hydrogens (tertiary/aromatic N) is 4. The van der Waals surface area contributed by atoms with E-state index in [9.17, 15) is 10.4 Å². The predicted octanol–water partition coefficient (Wildman–Crippen LogP) is 1.53. The number of hydrogen-bond acceptors (Lipinski definition) is 5. The molecule has 0 aliphatic heterocycles. The number of aliphatic hydroxyl groups is 2. The van der Waals surface area contributed by atoms with Crippen LogP contribution in [0.3, 0.4) is 0 Å². The van der Waals surface area contributed by atoms with Crippen LogP contribution in [-0.4, -0.2) is 37.7 Å². The molecule has 1 aromatic carbocycles. The maximum atomic E-state index is 9.80. The van der Waals surface area contributed by atoms with Crippen molar-refractivity contribution in [3.63, 3.8) is 0 Å². The summed E-state index contributed by atoms with van der Waals surface area (Å²) in [5.41, 5.74) is -0.0888. The molecule has 0 radical (unpaired) electrons. The zero-order valence-electron chi connectivity index (χ0n) is 11.9. The normalized spacial score (nSPS) is 15.0. The van der Waals surface area contributed by atoms with E-state index in [0.29, 0.717) is 24.4 Å². The zero-order valence-corrected chi connectivity index (χ0v) is 12.7. The fourth-order valence-corrected chi connectivity index (χ4v) is 2.46. The molecule has 0 amide bonds. The lowest BCUT2D eigenvalue weighted by molar-refractivity contribution is 0.0816. The van der Waals surface area contributed by atoms with Crippen LogP contribution in [0.4, 0.5) is 0 Å². The first-order chi connectivity index (χ1) is 10.6. The summed E-state index contributed by atoms with van der Waals surface area (Å²) in [6.45, 7) is -0.0191. The Kier molecular flexibility index (Phi) is 5.50. The number of nitriles is 1. The minimum absolute atomic E-state index is 0.307. The molecule has 116 valence electrons. The van der Waals surface area contributed by atoms with Gasteiger partial charge in [0.05, 0.1) is 25.3 Å². The van der Waals surface area contributed by atoms with Crippen LogP contribution in [0.5, 0.6) is 0 Å². The highest BCUT2D eigenvalue weighted by Gasteiger charge is 2.34. The quantitative estimate of drug-likeness (QED) is 0.806. The minimum Gasteiger partial charge on any atom is -0.394 e. The van der Waals surface area contributed by atoms with E-state index >= 15 is 0 Å². The fraction of sp³-hybridized carbons (Fsp3) is 0.400. The number of rotatable bonds is 7. The van der Waals surface area contributed by atoms with Gasteiger partial charge in [0.25, 0.3) is 0 Å². The average Bonchev–Trinajstić information content (AvgIpc) is 3.04. The third-order valence-corrected chi connectivity index (χ3v) is 3.88. The summed E-state index contributed by atoms with van der Waals surface area (Å²) in [7, 11) is 0. The van der Waals surface area contributed by atoms with E-state index in [2.05, 4.69) is 16.2 Å². The van der Waals surface area contributed by atoms with Crippen LogP contribution < -0.4 is 0 Å². The van der Waals surface area contributed by atoms with Crippen LogP contribution in [-0.2, 0) is 12.0 Å². The van der Waals surface area contributed by atoms with Gasteiger partial charge in [-0.3, -0.25) is 4.68 Å². The molecular formula is C15H17ClN4O2. The highest BCUT2D eigenvalue weighted by atomic mass is 35.5. The van der Waals surface area contributed by atoms with Crippen molar-refractivity contribution < 1.29 is 10.2 Å². The molecule has 0 bridgehead atoms. The van der Waals surface area contributed by atoms with Crippen molar-refractivity contribution in [1.29, 1.82) is 5.26 Å². The lowest BCUT2D eigenvalue weighted by atomic mass is 9.77. The van der Waals surface area contributed by atoms with Gasteiger partial charge >= 0.3 is 0 Å². The second kappa shape index (κ2) is 7.36. The topological polar surface area (TPSA) is 95.0 Å². The van der Waals surface area contributed by atoms with E-state index in [1.807, 2.05) is 0 Å². The van der Waals surface area contributed by atoms with Gasteiger partial charge in [0, 0.05) is 5.02 Å². The van der Waals surface area contributed by atoms with Crippen molar-refractivity contribution in [3.8, 4) is 6.07 Å². The molecule has 2 atom stereocenters. The molecule has 1 aromatic heterocycles. The van der Waals surface area contributed by atoms with Gasteiger partial charge in [-0.05, 0) is 30.5 Å². The Bertz CT molecular complexity index is 624. The standard InChI is InChI=1S/C15H17ClN4O2/c16-13-3-1-12(2-4-13)15(8-17,6-5-14(22)7-21)9-20-11-18-10-19-20/h1-4,10-11,14,21-22H,5-7,9H2. The first-order valence-electron chi connectivity index (χ1n) is 6.88. The molecule has 0 aliphatic rings. The van der Waals surface area contributed by atoms with Crippen LogP contribution in [0, 0.1) is 11.3 Å². The van der Waals surface area contributed by atoms with E-state index in [-0.39, 0.29) is 6.61 Å². The van der Waals surface area contributed by atoms with Gasteiger partial charge in [-0.1, -0.05) is 23.7 Å². The molecule has 0 saturated carbocycles. The molecule has 2 aromatic rings. The second-order valence-corrected chi connectivity index (χ2v) is 5.61. The molecule has 22 heavy (non-hydrogen) atoms. The molecule has 0 saturated heterocycles. The van der Waals surface area contributed by atoms with Gasteiger partial charge in [0.15, 0.2) is 0 Å². The molecular weight excluding hydrogens is 304 g/mol. The lowest BCUT2D eigenvalue weighted by Crippen LogP contribution is -2.32. The van der Waals surface area contributed by atoms with Gasteiger partial charge < -0.3 is 10.2 Å². The molecule has 7 heteroatoms. The molecule has 0 aliphatic carbocycles. The van der Waals surface area contributed by atoms with Crippen molar-refractivity contribution in [3.05, 3.63) is 47.5 Å². The van der Waals surface area contributed by atoms with E-state index < -0.39 is 11.5 Å². The molecule has 6 nitrogen and oxygen atoms in total. The monoisotopic (exact) mass is 320 g/mol. The van der Waals surface area contributed by atoms with Crippen LogP contribution in [0.2, 0.25) is 5.02 Å². The number of hydrogen-bond donors (Lipinski definition) is 2. The Morgan fingerprint density at radius 2 is 2.09 bits per heavy atom. The van der Waals surface area contributed by atoms with Gasteiger partial charge in [0.2, 0.25) is 0 Å². The van der Waals surface area contributed by atoms with Crippen molar-refractivity contribution in [1.82, 2.24) is 14.8 Å². The Morgan fingerprint density at radius 1 is 1.36 bits per heavy atom. The Hall–Kier alpha value is -1.94. The minimum atomic E-state index is -0.881. The molecule has 2 unspecified atom stereocenters. The Balaban J connectivity index is 2.32. The Labute approximate surface area is 133 Å². The maximum absolute atomic E-state index is 9.80. The summed E-state index contributed by atoms with van der Waals surface area (Å²) < 4.78 is 1.59. The van der Waals surface area contributed by atoms with Crippen molar-refractivity contribution >= 4 is 11.6 Å². The van der Waals surface area contributed by atoms with E-state index in [1.54, 1.807) is 35.3 Å². The summed E-state index contributed by atoms with van der Waals surface area (Å²) in [4.78, 5) is 3.89. The van der Waals surface area contributed by atoms with Crippen molar-refractivity contribution in [2.75, 3.05) is 6.61 Å². The van der Waals surface area contributed by atoms with Crippen molar-refractivity contribution in [2.24, 2.45) is 0 Å². The van der Waals surface area contributed by atoms with Gasteiger partial charge in [-0.25, -0.2) is 4.98 Å². The van der Waals surface area contributed by atoms with Gasteiger partial charge in [0.1, 0.15) is 18.1 Å². The number of aliphatic hydroxyl groups excluding tert-OH is 2. The summed E-state index contributed by atoms with van der Waals surface area (Å²) >= 11 is 5.91. The summed E-state index contributed by atoms with van der Waals surface area (Å²) in [5.74, 6) is 0. The summed E-state index contributed by atoms with van der Waals surface area (Å²) in [5, 5.41) is 33.0. The predicted molar refractivity (Wildman–Crippen MR) is 81.1 cm³/mol. The number of halogens is 1. The first kappa shape index (κ1) is 16.4. The third-order valence-electron chi connectivity index (χ3n) is 3.62. The molecule has 1 heterocycles. The molecule has 0 fully saturated rings. The smallest absolute Gasteiger partial charge is 0.137 e. The third kappa shape index (κ3) is 3.83. The van der Waals surface area contributed by atoms with Gasteiger partial charge in [-0.15, -0.1) is 0 Å². The first-order valence-corrected chi connectivity index (χ1v) is 7.26. The fourth-order valence-electron chi connectivity index (χ4n) is 2.33.